The molecule has 0 unspecified atom stereocenters. The molecule has 1 heterocycles. The van der Waals surface area contributed by atoms with Crippen LogP contribution in [0.2, 0.25) is 0 Å². The summed E-state index contributed by atoms with van der Waals surface area (Å²) in [5, 5.41) is 13.9. The molecule has 1 aromatic carbocycles. The van der Waals surface area contributed by atoms with Crippen molar-refractivity contribution in [3.8, 4) is 0 Å². The summed E-state index contributed by atoms with van der Waals surface area (Å²) >= 11 is 0.956. The highest BCUT2D eigenvalue weighted by Gasteiger charge is 2.57. The van der Waals surface area contributed by atoms with E-state index in [0.29, 0.717) is 4.90 Å². The van der Waals surface area contributed by atoms with Gasteiger partial charge in [0.05, 0.1) is 13.2 Å². The van der Waals surface area contributed by atoms with Crippen LogP contribution in [0.15, 0.2) is 35.2 Å². The van der Waals surface area contributed by atoms with Crippen LogP contribution in [0.25, 0.3) is 0 Å². The maximum absolute atomic E-state index is 13.2. The number of carbonyl (C=O) groups is 5. The Kier molecular flexibility index (Phi) is 10.9. The van der Waals surface area contributed by atoms with Crippen molar-refractivity contribution in [1.29, 1.82) is 0 Å². The second kappa shape index (κ2) is 13.4. The lowest BCUT2D eigenvalue weighted by Crippen LogP contribution is -2.67. The maximum Gasteiger partial charge on any atom is 0.349 e. The molecule has 1 amide bonds. The van der Waals surface area contributed by atoms with Gasteiger partial charge in [0.25, 0.3) is 0 Å². The molecule has 37 heavy (non-hydrogen) atoms. The molecule has 0 aliphatic carbocycles. The lowest BCUT2D eigenvalue weighted by atomic mass is 9.89. The Morgan fingerprint density at radius 3 is 2.24 bits per heavy atom. The highest BCUT2D eigenvalue weighted by atomic mass is 32.2. The first kappa shape index (κ1) is 30.1. The van der Waals surface area contributed by atoms with Gasteiger partial charge in [0, 0.05) is 39.0 Å². The van der Waals surface area contributed by atoms with Crippen LogP contribution in [-0.4, -0.2) is 84.0 Å². The van der Waals surface area contributed by atoms with Crippen molar-refractivity contribution in [2.24, 2.45) is 0 Å². The summed E-state index contributed by atoms with van der Waals surface area (Å²) in [6.45, 7) is 4.03. The lowest BCUT2D eigenvalue weighted by molar-refractivity contribution is -0.217. The topological polar surface area (TPSA) is 164 Å². The molecule has 1 aliphatic heterocycles. The average molecular weight is 542 g/mol. The molecule has 1 saturated heterocycles. The van der Waals surface area contributed by atoms with E-state index in [0.717, 1.165) is 39.6 Å². The quantitative estimate of drug-likeness (QED) is 0.316. The minimum Gasteiger partial charge on any atom is -0.466 e. The minimum absolute atomic E-state index is 0.255. The van der Waals surface area contributed by atoms with E-state index in [1.807, 2.05) is 0 Å². The first-order chi connectivity index (χ1) is 17.4. The SMILES string of the molecule is COC(=O)[C@]1(Sc2ccccc2)C[C@H](OC(C)=O)[C@@H](NC(C)=O)[C@H]([C@H](O)[C@@H](COC(C)=O)OC(C)=O)O1. The van der Waals surface area contributed by atoms with Gasteiger partial charge in [-0.15, -0.1) is 0 Å². The molecule has 0 radical (unpaired) electrons. The Bertz CT molecular complexity index is 988. The Morgan fingerprint density at radius 1 is 1.08 bits per heavy atom. The third-order valence-corrected chi connectivity index (χ3v) is 6.51. The molecule has 1 fully saturated rings. The van der Waals surface area contributed by atoms with E-state index in [-0.39, 0.29) is 6.42 Å². The van der Waals surface area contributed by atoms with Crippen LogP contribution in [0.1, 0.15) is 34.1 Å². The molecule has 0 saturated carbocycles. The molecular formula is C24H31NO11S. The number of aliphatic hydroxyl groups excluding tert-OH is 1. The molecule has 0 bridgehead atoms. The van der Waals surface area contributed by atoms with E-state index in [9.17, 15) is 29.1 Å². The summed E-state index contributed by atoms with van der Waals surface area (Å²) in [4.78, 5) is 59.1. The number of thioether (sulfide) groups is 1. The monoisotopic (exact) mass is 541 g/mol. The molecule has 12 nitrogen and oxygen atoms in total. The zero-order valence-electron chi connectivity index (χ0n) is 21.1. The third kappa shape index (κ3) is 8.44. The number of rotatable bonds is 10. The van der Waals surface area contributed by atoms with E-state index in [1.54, 1.807) is 30.3 Å². The summed E-state index contributed by atoms with van der Waals surface area (Å²) in [7, 11) is 1.15. The Hall–Kier alpha value is -3.16. The molecule has 2 N–H and O–H groups in total. The normalized spacial score (nSPS) is 24.6. The van der Waals surface area contributed by atoms with Crippen molar-refractivity contribution < 1.29 is 52.8 Å². The van der Waals surface area contributed by atoms with Crippen molar-refractivity contribution >= 4 is 41.5 Å². The molecule has 0 aromatic heterocycles. The van der Waals surface area contributed by atoms with Gasteiger partial charge in [-0.05, 0) is 12.1 Å². The fourth-order valence-corrected chi connectivity index (χ4v) is 5.11. The van der Waals surface area contributed by atoms with Crippen molar-refractivity contribution in [1.82, 2.24) is 5.32 Å². The first-order valence-corrected chi connectivity index (χ1v) is 12.1. The van der Waals surface area contributed by atoms with Gasteiger partial charge >= 0.3 is 23.9 Å². The lowest BCUT2D eigenvalue weighted by Gasteiger charge is -2.48. The number of aliphatic hydroxyl groups is 1. The van der Waals surface area contributed by atoms with Gasteiger partial charge in [0.15, 0.2) is 6.10 Å². The average Bonchev–Trinajstić information content (AvgIpc) is 2.82. The molecule has 1 aromatic rings. The highest BCUT2D eigenvalue weighted by Crippen LogP contribution is 2.45. The standard InChI is InChI=1S/C24H31NO11S/c1-13(26)25-20-18(34-15(3)28)11-24(23(31)32-5,37-17-9-7-6-8-10-17)36-22(20)21(30)19(35-16(4)29)12-33-14(2)27/h6-10,18-22,30H,11-12H2,1-5H3,(H,25,26)/t18-,19+,20+,21+,22+,24+/m0/s1. The predicted molar refractivity (Wildman–Crippen MR) is 128 cm³/mol. The van der Waals surface area contributed by atoms with Crippen molar-refractivity contribution in [3.05, 3.63) is 30.3 Å². The van der Waals surface area contributed by atoms with E-state index >= 15 is 0 Å². The van der Waals surface area contributed by atoms with Crippen LogP contribution in [0, 0.1) is 0 Å². The summed E-state index contributed by atoms with van der Waals surface area (Å²) in [5.74, 6) is -3.60. The van der Waals surface area contributed by atoms with Gasteiger partial charge in [-0.3, -0.25) is 19.2 Å². The summed E-state index contributed by atoms with van der Waals surface area (Å²) in [6, 6.07) is 7.50. The van der Waals surface area contributed by atoms with Crippen LogP contribution in [0.5, 0.6) is 0 Å². The van der Waals surface area contributed by atoms with Crippen molar-refractivity contribution in [2.75, 3.05) is 13.7 Å². The van der Waals surface area contributed by atoms with Crippen LogP contribution in [0.3, 0.4) is 0 Å². The second-order valence-corrected chi connectivity index (χ2v) is 9.60. The van der Waals surface area contributed by atoms with Crippen LogP contribution in [0.4, 0.5) is 0 Å². The number of esters is 4. The molecule has 2 rings (SSSR count). The van der Waals surface area contributed by atoms with Crippen molar-refractivity contribution in [3.63, 3.8) is 0 Å². The van der Waals surface area contributed by atoms with Gasteiger partial charge in [0.1, 0.15) is 24.9 Å². The fourth-order valence-electron chi connectivity index (χ4n) is 3.86. The molecular weight excluding hydrogens is 510 g/mol. The van der Waals surface area contributed by atoms with Gasteiger partial charge in [0.2, 0.25) is 10.8 Å². The van der Waals surface area contributed by atoms with Gasteiger partial charge in [-0.1, -0.05) is 30.0 Å². The summed E-state index contributed by atoms with van der Waals surface area (Å²) in [6.07, 6.45) is -6.11. The molecule has 6 atom stereocenters. The number of amides is 1. The molecule has 204 valence electrons. The summed E-state index contributed by atoms with van der Waals surface area (Å²) < 4.78 is 26.8. The number of hydrogen-bond donors (Lipinski definition) is 2. The Morgan fingerprint density at radius 2 is 1.73 bits per heavy atom. The second-order valence-electron chi connectivity index (χ2n) is 8.26. The smallest absolute Gasteiger partial charge is 0.349 e. The van der Waals surface area contributed by atoms with E-state index in [2.05, 4.69) is 5.32 Å². The largest absolute Gasteiger partial charge is 0.466 e. The van der Waals surface area contributed by atoms with Gasteiger partial charge in [-0.2, -0.15) is 0 Å². The predicted octanol–water partition coefficient (Wildman–Crippen LogP) is 0.729. The minimum atomic E-state index is -1.85. The molecule has 0 spiro atoms. The number of methoxy groups -OCH3 is 1. The third-order valence-electron chi connectivity index (χ3n) is 5.25. The number of hydrogen-bond acceptors (Lipinski definition) is 12. The van der Waals surface area contributed by atoms with E-state index < -0.39 is 71.8 Å². The summed E-state index contributed by atoms with van der Waals surface area (Å²) in [5.41, 5.74) is 0. The number of ether oxygens (including phenoxy) is 5. The van der Waals surface area contributed by atoms with E-state index in [4.69, 9.17) is 23.7 Å². The Labute approximate surface area is 218 Å². The Balaban J connectivity index is 2.61. The van der Waals surface area contributed by atoms with Crippen LogP contribution < -0.4 is 5.32 Å². The number of carbonyl (C=O) groups excluding carboxylic acids is 5. The van der Waals surface area contributed by atoms with Crippen LogP contribution >= 0.6 is 11.8 Å². The molecule has 13 heteroatoms. The first-order valence-electron chi connectivity index (χ1n) is 11.3. The zero-order chi connectivity index (χ0) is 27.8. The van der Waals surface area contributed by atoms with Crippen molar-refractivity contribution in [2.45, 2.75) is 74.4 Å². The number of nitrogens with one attached hydrogen (secondary N) is 1. The highest BCUT2D eigenvalue weighted by molar-refractivity contribution is 8.01. The van der Waals surface area contributed by atoms with Gasteiger partial charge < -0.3 is 34.1 Å². The van der Waals surface area contributed by atoms with E-state index in [1.165, 1.54) is 6.92 Å². The fraction of sp³-hybridized carbons (Fsp3) is 0.542. The zero-order valence-corrected chi connectivity index (χ0v) is 21.9. The maximum atomic E-state index is 13.2. The number of benzene rings is 1. The molecule has 1 aliphatic rings. The van der Waals surface area contributed by atoms with Gasteiger partial charge in [-0.25, -0.2) is 4.79 Å². The van der Waals surface area contributed by atoms with Crippen LogP contribution in [-0.2, 0) is 47.7 Å².